The summed E-state index contributed by atoms with van der Waals surface area (Å²) in [6, 6.07) is 5.08. The standard InChI is InChI=1S/C16H20FNO3/c1-2-20-16(19)10-18(13-4-5-13)9-14-8-11-7-12(17)3-6-15(11)21-14/h3,6-7,13-14H,2,4-5,8-10H2,1H3. The van der Waals surface area contributed by atoms with Crippen molar-refractivity contribution >= 4 is 5.97 Å². The van der Waals surface area contributed by atoms with Crippen LogP contribution in [0.1, 0.15) is 25.3 Å². The fourth-order valence-electron chi connectivity index (χ4n) is 2.81. The summed E-state index contributed by atoms with van der Waals surface area (Å²) < 4.78 is 24.1. The molecule has 1 heterocycles. The van der Waals surface area contributed by atoms with E-state index in [2.05, 4.69) is 4.90 Å². The summed E-state index contributed by atoms with van der Waals surface area (Å²) in [6.07, 6.45) is 2.91. The lowest BCUT2D eigenvalue weighted by molar-refractivity contribution is -0.144. The van der Waals surface area contributed by atoms with E-state index in [1.807, 2.05) is 6.92 Å². The summed E-state index contributed by atoms with van der Waals surface area (Å²) in [4.78, 5) is 13.8. The lowest BCUT2D eigenvalue weighted by atomic mass is 10.1. The molecule has 3 rings (SSSR count). The summed E-state index contributed by atoms with van der Waals surface area (Å²) >= 11 is 0. The van der Waals surface area contributed by atoms with Gasteiger partial charge in [0.15, 0.2) is 0 Å². The minimum Gasteiger partial charge on any atom is -0.488 e. The molecular weight excluding hydrogens is 273 g/mol. The van der Waals surface area contributed by atoms with E-state index in [0.29, 0.717) is 32.2 Å². The maximum atomic E-state index is 13.2. The Morgan fingerprint density at radius 1 is 1.48 bits per heavy atom. The average molecular weight is 293 g/mol. The molecule has 2 aliphatic rings. The molecule has 0 radical (unpaired) electrons. The molecule has 1 saturated carbocycles. The van der Waals surface area contributed by atoms with Gasteiger partial charge >= 0.3 is 5.97 Å². The summed E-state index contributed by atoms with van der Waals surface area (Å²) in [5.41, 5.74) is 0.909. The third-order valence-corrected chi connectivity index (χ3v) is 3.90. The minimum absolute atomic E-state index is 0.0168. The molecule has 5 heteroatoms. The van der Waals surface area contributed by atoms with Crippen LogP contribution in [0.2, 0.25) is 0 Å². The van der Waals surface area contributed by atoms with Crippen LogP contribution >= 0.6 is 0 Å². The van der Waals surface area contributed by atoms with E-state index in [1.165, 1.54) is 12.1 Å². The Morgan fingerprint density at radius 2 is 2.29 bits per heavy atom. The van der Waals surface area contributed by atoms with Crippen LogP contribution in [-0.4, -0.2) is 42.7 Å². The van der Waals surface area contributed by atoms with Gasteiger partial charge in [-0.25, -0.2) is 4.39 Å². The number of nitrogens with zero attached hydrogens (tertiary/aromatic N) is 1. The lowest BCUT2D eigenvalue weighted by Crippen LogP contribution is -2.40. The molecule has 1 aromatic carbocycles. The van der Waals surface area contributed by atoms with Crippen LogP contribution in [0.3, 0.4) is 0 Å². The fraction of sp³-hybridized carbons (Fsp3) is 0.562. The quantitative estimate of drug-likeness (QED) is 0.753. The first kappa shape index (κ1) is 14.3. The van der Waals surface area contributed by atoms with Crippen LogP contribution in [0.25, 0.3) is 0 Å². The van der Waals surface area contributed by atoms with E-state index >= 15 is 0 Å². The maximum absolute atomic E-state index is 13.2. The van der Waals surface area contributed by atoms with E-state index in [9.17, 15) is 9.18 Å². The Bertz CT molecular complexity index is 530. The molecule has 0 aromatic heterocycles. The van der Waals surface area contributed by atoms with Gasteiger partial charge in [0.1, 0.15) is 17.7 Å². The maximum Gasteiger partial charge on any atom is 0.320 e. The van der Waals surface area contributed by atoms with Gasteiger partial charge in [0, 0.05) is 24.6 Å². The van der Waals surface area contributed by atoms with Gasteiger partial charge in [0.2, 0.25) is 0 Å². The van der Waals surface area contributed by atoms with Gasteiger partial charge in [0.05, 0.1) is 13.2 Å². The molecule has 4 nitrogen and oxygen atoms in total. The van der Waals surface area contributed by atoms with Crippen molar-refractivity contribution in [3.63, 3.8) is 0 Å². The number of carbonyl (C=O) groups excluding carboxylic acids is 1. The molecule has 1 atom stereocenters. The largest absolute Gasteiger partial charge is 0.488 e. The van der Waals surface area contributed by atoms with Crippen LogP contribution in [0.4, 0.5) is 4.39 Å². The molecule has 0 saturated heterocycles. The first-order valence-electron chi connectivity index (χ1n) is 7.50. The first-order chi connectivity index (χ1) is 10.2. The van der Waals surface area contributed by atoms with Crippen molar-refractivity contribution in [2.45, 2.75) is 38.3 Å². The number of halogens is 1. The molecule has 0 amide bonds. The van der Waals surface area contributed by atoms with Crippen LogP contribution in [0, 0.1) is 5.82 Å². The summed E-state index contributed by atoms with van der Waals surface area (Å²) in [5, 5.41) is 0. The highest BCUT2D eigenvalue weighted by molar-refractivity contribution is 5.71. The molecule has 1 aliphatic heterocycles. The second-order valence-electron chi connectivity index (χ2n) is 5.66. The fourth-order valence-corrected chi connectivity index (χ4v) is 2.81. The molecule has 1 unspecified atom stereocenters. The predicted molar refractivity (Wildman–Crippen MR) is 75.7 cm³/mol. The molecule has 1 aromatic rings. The smallest absolute Gasteiger partial charge is 0.320 e. The van der Waals surface area contributed by atoms with Gasteiger partial charge in [-0.05, 0) is 38.0 Å². The van der Waals surface area contributed by atoms with Gasteiger partial charge in [-0.3, -0.25) is 9.69 Å². The predicted octanol–water partition coefficient (Wildman–Crippen LogP) is 2.16. The molecule has 0 N–H and O–H groups in total. The Hall–Kier alpha value is -1.62. The van der Waals surface area contributed by atoms with E-state index in [-0.39, 0.29) is 17.9 Å². The number of benzene rings is 1. The Labute approximate surface area is 123 Å². The zero-order valence-corrected chi connectivity index (χ0v) is 12.2. The second kappa shape index (κ2) is 6.02. The first-order valence-corrected chi connectivity index (χ1v) is 7.50. The number of ether oxygens (including phenoxy) is 2. The third kappa shape index (κ3) is 3.53. The van der Waals surface area contributed by atoms with Gasteiger partial charge in [-0.2, -0.15) is 0 Å². The molecule has 0 spiro atoms. The second-order valence-corrected chi connectivity index (χ2v) is 5.66. The van der Waals surface area contributed by atoms with Crippen molar-refractivity contribution in [3.05, 3.63) is 29.6 Å². The van der Waals surface area contributed by atoms with E-state index in [0.717, 1.165) is 24.2 Å². The van der Waals surface area contributed by atoms with Crippen molar-refractivity contribution in [1.29, 1.82) is 0 Å². The molecular formula is C16H20FNO3. The SMILES string of the molecule is CCOC(=O)CN(CC1Cc2cc(F)ccc2O1)C1CC1. The minimum atomic E-state index is -0.233. The highest BCUT2D eigenvalue weighted by Gasteiger charge is 2.34. The number of esters is 1. The van der Waals surface area contributed by atoms with Crippen molar-refractivity contribution in [1.82, 2.24) is 4.90 Å². The topological polar surface area (TPSA) is 38.8 Å². The highest BCUT2D eigenvalue weighted by atomic mass is 19.1. The number of carbonyl (C=O) groups is 1. The monoisotopic (exact) mass is 293 g/mol. The van der Waals surface area contributed by atoms with Crippen LogP contribution in [-0.2, 0) is 16.0 Å². The Kier molecular flexibility index (Phi) is 4.10. The van der Waals surface area contributed by atoms with Crippen LogP contribution in [0.5, 0.6) is 5.75 Å². The van der Waals surface area contributed by atoms with E-state index in [4.69, 9.17) is 9.47 Å². The number of fused-ring (bicyclic) bond motifs is 1. The summed E-state index contributed by atoms with van der Waals surface area (Å²) in [5.74, 6) is 0.336. The third-order valence-electron chi connectivity index (χ3n) is 3.90. The van der Waals surface area contributed by atoms with Crippen LogP contribution < -0.4 is 4.74 Å². The van der Waals surface area contributed by atoms with Crippen molar-refractivity contribution in [2.75, 3.05) is 19.7 Å². The molecule has 1 fully saturated rings. The highest BCUT2D eigenvalue weighted by Crippen LogP contribution is 2.32. The molecule has 21 heavy (non-hydrogen) atoms. The lowest BCUT2D eigenvalue weighted by Gasteiger charge is -2.24. The summed E-state index contributed by atoms with van der Waals surface area (Å²) in [6.45, 7) is 3.20. The molecule has 0 bridgehead atoms. The van der Waals surface area contributed by atoms with Gasteiger partial charge < -0.3 is 9.47 Å². The van der Waals surface area contributed by atoms with Gasteiger partial charge in [-0.15, -0.1) is 0 Å². The van der Waals surface area contributed by atoms with Crippen molar-refractivity contribution in [2.24, 2.45) is 0 Å². The van der Waals surface area contributed by atoms with Gasteiger partial charge in [-0.1, -0.05) is 0 Å². The normalized spacial score (nSPS) is 20.2. The number of hydrogen-bond acceptors (Lipinski definition) is 4. The van der Waals surface area contributed by atoms with E-state index in [1.54, 1.807) is 6.07 Å². The number of hydrogen-bond donors (Lipinski definition) is 0. The molecule has 114 valence electrons. The van der Waals surface area contributed by atoms with E-state index < -0.39 is 0 Å². The average Bonchev–Trinajstić information content (AvgIpc) is 3.20. The molecule has 1 aliphatic carbocycles. The number of rotatable bonds is 6. The summed E-state index contributed by atoms with van der Waals surface area (Å²) in [7, 11) is 0. The van der Waals surface area contributed by atoms with Gasteiger partial charge in [0.25, 0.3) is 0 Å². The van der Waals surface area contributed by atoms with Crippen LogP contribution in [0.15, 0.2) is 18.2 Å². The Balaban J connectivity index is 1.59. The van der Waals surface area contributed by atoms with Crippen molar-refractivity contribution in [3.8, 4) is 5.75 Å². The zero-order chi connectivity index (χ0) is 14.8. The zero-order valence-electron chi connectivity index (χ0n) is 12.2. The van der Waals surface area contributed by atoms with Crippen molar-refractivity contribution < 1.29 is 18.7 Å². The Morgan fingerprint density at radius 3 is 3.00 bits per heavy atom.